The first kappa shape index (κ1) is 17.5. The molecule has 8 nitrogen and oxygen atoms in total. The van der Waals surface area contributed by atoms with E-state index in [1.165, 1.54) is 11.0 Å². The molecule has 0 atom stereocenters. The highest BCUT2D eigenvalue weighted by atomic mass is 19.3. The predicted molar refractivity (Wildman–Crippen MR) is 91.1 cm³/mol. The van der Waals surface area contributed by atoms with E-state index in [2.05, 4.69) is 15.1 Å². The lowest BCUT2D eigenvalue weighted by Crippen LogP contribution is -2.57. The zero-order valence-electron chi connectivity index (χ0n) is 13.8. The fourth-order valence-corrected chi connectivity index (χ4v) is 2.80. The summed E-state index contributed by atoms with van der Waals surface area (Å²) in [6, 6.07) is 5.08. The molecule has 134 valence electrons. The van der Waals surface area contributed by atoms with Crippen LogP contribution in [0.1, 0.15) is 18.2 Å². The summed E-state index contributed by atoms with van der Waals surface area (Å²) in [4.78, 5) is 9.69. The number of amidine groups is 1. The molecule has 0 radical (unpaired) electrons. The molecule has 2 aliphatic heterocycles. The van der Waals surface area contributed by atoms with Crippen LogP contribution in [0.2, 0.25) is 0 Å². The number of nitrogens with two attached hydrogens (primary N) is 1. The summed E-state index contributed by atoms with van der Waals surface area (Å²) in [7, 11) is 0. The zero-order valence-corrected chi connectivity index (χ0v) is 13.8. The van der Waals surface area contributed by atoms with Gasteiger partial charge in [-0.1, -0.05) is 5.16 Å². The lowest BCUT2D eigenvalue weighted by molar-refractivity contribution is -0.0267. The summed E-state index contributed by atoms with van der Waals surface area (Å²) in [5.41, 5.74) is 7.55. The lowest BCUT2D eigenvalue weighted by Gasteiger charge is -2.40. The van der Waals surface area contributed by atoms with Crippen molar-refractivity contribution in [2.24, 2.45) is 15.9 Å². The normalized spacial score (nSPS) is 20.7. The van der Waals surface area contributed by atoms with Gasteiger partial charge in [-0.25, -0.2) is 18.8 Å². The molecule has 2 aliphatic rings. The minimum Gasteiger partial charge on any atom is -0.409 e. The van der Waals surface area contributed by atoms with Crippen molar-refractivity contribution in [2.75, 3.05) is 18.0 Å². The van der Waals surface area contributed by atoms with Crippen LogP contribution in [0.15, 0.2) is 33.6 Å². The Morgan fingerprint density at radius 1 is 1.46 bits per heavy atom. The van der Waals surface area contributed by atoms with E-state index < -0.39 is 19.0 Å². The van der Waals surface area contributed by atoms with Crippen LogP contribution in [0.5, 0.6) is 0 Å². The van der Waals surface area contributed by atoms with Crippen molar-refractivity contribution in [1.29, 1.82) is 10.7 Å². The lowest BCUT2D eigenvalue weighted by atomic mass is 9.97. The van der Waals surface area contributed by atoms with Gasteiger partial charge >= 0.3 is 0 Å². The number of hydrogen-bond acceptors (Lipinski definition) is 7. The molecule has 3 heterocycles. The third-order valence-electron chi connectivity index (χ3n) is 4.18. The average Bonchev–Trinajstić information content (AvgIpc) is 2.59. The van der Waals surface area contributed by atoms with Crippen molar-refractivity contribution in [3.8, 4) is 6.07 Å². The maximum atomic E-state index is 13.2. The topological polar surface area (TPSA) is 135 Å². The number of rotatable bonds is 3. The summed E-state index contributed by atoms with van der Waals surface area (Å²) < 4.78 is 26.3. The van der Waals surface area contributed by atoms with Gasteiger partial charge in [0.2, 0.25) is 5.84 Å². The number of alkyl halides is 2. The quantitative estimate of drug-likeness (QED) is 0.554. The summed E-state index contributed by atoms with van der Waals surface area (Å²) in [5, 5.41) is 28.8. The second kappa shape index (κ2) is 6.18. The first-order valence-electron chi connectivity index (χ1n) is 7.64. The van der Waals surface area contributed by atoms with E-state index >= 15 is 0 Å². The monoisotopic (exact) mass is 359 g/mol. The molecular weight excluding hydrogens is 344 g/mol. The van der Waals surface area contributed by atoms with Crippen LogP contribution in [0.4, 0.5) is 14.6 Å². The minimum atomic E-state index is -2.78. The van der Waals surface area contributed by atoms with Crippen molar-refractivity contribution in [2.45, 2.75) is 19.3 Å². The van der Waals surface area contributed by atoms with Gasteiger partial charge in [0.25, 0.3) is 5.92 Å². The number of pyridine rings is 1. The van der Waals surface area contributed by atoms with Gasteiger partial charge in [-0.15, -0.1) is 0 Å². The van der Waals surface area contributed by atoms with Gasteiger partial charge < -0.3 is 15.8 Å². The highest BCUT2D eigenvalue weighted by Gasteiger charge is 2.45. The number of aromatic nitrogens is 1. The van der Waals surface area contributed by atoms with Crippen LogP contribution >= 0.6 is 0 Å². The molecule has 1 aromatic heterocycles. The fraction of sp³-hybridized carbons (Fsp3) is 0.312. The Labute approximate surface area is 147 Å². The third-order valence-corrected chi connectivity index (χ3v) is 4.18. The van der Waals surface area contributed by atoms with E-state index in [9.17, 15) is 14.0 Å². The number of allylic oxidation sites excluding steroid dienone is 1. The largest absolute Gasteiger partial charge is 0.409 e. The van der Waals surface area contributed by atoms with Crippen LogP contribution in [0.3, 0.4) is 0 Å². The smallest absolute Gasteiger partial charge is 0.282 e. The summed E-state index contributed by atoms with van der Waals surface area (Å²) in [6.07, 6.45) is 0.200. The molecule has 0 aromatic carbocycles. The third kappa shape index (κ3) is 2.99. The van der Waals surface area contributed by atoms with Crippen LogP contribution in [0.25, 0.3) is 0 Å². The number of aliphatic imine (C=N–C) groups is 1. The van der Waals surface area contributed by atoms with Crippen LogP contribution in [-0.4, -0.2) is 46.5 Å². The molecule has 0 amide bonds. The van der Waals surface area contributed by atoms with Crippen molar-refractivity contribution in [1.82, 2.24) is 4.98 Å². The van der Waals surface area contributed by atoms with Gasteiger partial charge in [0.15, 0.2) is 0 Å². The standard InChI is InChI=1S/C16H15F2N7O/c1-8-11(12(20)13(21)14(22-8)24-26)4-10-3-2-9(5-19)15(23-10)25-6-16(17,18)7-25/h2-3,21,26H,4,6-7,20H2,1H3/b21-13?,24-14+. The molecule has 0 unspecified atom stereocenters. The highest BCUT2D eigenvalue weighted by molar-refractivity contribution is 6.50. The van der Waals surface area contributed by atoms with Crippen LogP contribution < -0.4 is 10.6 Å². The summed E-state index contributed by atoms with van der Waals surface area (Å²) >= 11 is 0. The second-order valence-corrected chi connectivity index (χ2v) is 6.06. The van der Waals surface area contributed by atoms with Gasteiger partial charge in [-0.3, -0.25) is 5.41 Å². The molecule has 4 N–H and O–H groups in total. The highest BCUT2D eigenvalue weighted by Crippen LogP contribution is 2.32. The zero-order chi connectivity index (χ0) is 19.1. The van der Waals surface area contributed by atoms with E-state index in [0.717, 1.165) is 0 Å². The number of dihydropyridines is 1. The Morgan fingerprint density at radius 2 is 2.15 bits per heavy atom. The molecular formula is C16H15F2N7O. The molecule has 0 aliphatic carbocycles. The Hall–Kier alpha value is -3.35. The number of nitriles is 1. The molecule has 10 heteroatoms. The van der Waals surface area contributed by atoms with Crippen LogP contribution in [-0.2, 0) is 6.42 Å². The second-order valence-electron chi connectivity index (χ2n) is 6.06. The molecule has 0 spiro atoms. The molecule has 1 saturated heterocycles. The minimum absolute atomic E-state index is 0.105. The first-order chi connectivity index (χ1) is 12.3. The van der Waals surface area contributed by atoms with Gasteiger partial charge in [-0.05, 0) is 19.1 Å². The fourth-order valence-electron chi connectivity index (χ4n) is 2.80. The number of anilines is 1. The number of nitrogens with zero attached hydrogens (tertiary/aromatic N) is 5. The van der Waals surface area contributed by atoms with E-state index in [-0.39, 0.29) is 35.0 Å². The van der Waals surface area contributed by atoms with Crippen molar-refractivity contribution < 1.29 is 14.0 Å². The molecule has 3 rings (SSSR count). The molecule has 0 saturated carbocycles. The Bertz CT molecular complexity index is 919. The van der Waals surface area contributed by atoms with Gasteiger partial charge in [0.05, 0.1) is 24.4 Å². The van der Waals surface area contributed by atoms with E-state index in [1.807, 2.05) is 6.07 Å². The number of hydrogen-bond donors (Lipinski definition) is 3. The Kier molecular flexibility index (Phi) is 4.15. The molecule has 26 heavy (non-hydrogen) atoms. The van der Waals surface area contributed by atoms with Crippen molar-refractivity contribution in [3.05, 3.63) is 34.7 Å². The van der Waals surface area contributed by atoms with Crippen molar-refractivity contribution in [3.63, 3.8) is 0 Å². The van der Waals surface area contributed by atoms with Crippen LogP contribution in [0, 0.1) is 16.7 Å². The Morgan fingerprint density at radius 3 is 2.73 bits per heavy atom. The first-order valence-corrected chi connectivity index (χ1v) is 7.64. The van der Waals surface area contributed by atoms with Gasteiger partial charge in [-0.2, -0.15) is 5.26 Å². The van der Waals surface area contributed by atoms with E-state index in [0.29, 0.717) is 17.0 Å². The van der Waals surface area contributed by atoms with E-state index in [4.69, 9.17) is 16.4 Å². The molecule has 0 bridgehead atoms. The maximum Gasteiger partial charge on any atom is 0.282 e. The number of halogens is 2. The summed E-state index contributed by atoms with van der Waals surface area (Å²) in [5.74, 6) is -2.76. The maximum absolute atomic E-state index is 13.2. The average molecular weight is 359 g/mol. The van der Waals surface area contributed by atoms with Crippen molar-refractivity contribution >= 4 is 23.1 Å². The SMILES string of the molecule is CC1=N/C(=N/O)C(=N)C(N)=C1Cc1ccc(C#N)c(N2CC(F)(F)C2)n1. The Balaban J connectivity index is 1.92. The summed E-state index contributed by atoms with van der Waals surface area (Å²) in [6.45, 7) is 0.690. The predicted octanol–water partition coefficient (Wildman–Crippen LogP) is 1.45. The molecule has 1 aromatic rings. The number of nitrogens with one attached hydrogen (secondary N) is 1. The van der Waals surface area contributed by atoms with Gasteiger partial charge in [0.1, 0.15) is 17.6 Å². The number of oxime groups is 1. The van der Waals surface area contributed by atoms with E-state index in [1.54, 1.807) is 13.0 Å². The molecule has 1 fully saturated rings. The van der Waals surface area contributed by atoms with Gasteiger partial charge in [0, 0.05) is 23.4 Å².